The second-order valence-corrected chi connectivity index (χ2v) is 4.41. The maximum absolute atomic E-state index is 10.8. The quantitative estimate of drug-likeness (QED) is 0.767. The van der Waals surface area contributed by atoms with Gasteiger partial charge in [0.15, 0.2) is 0 Å². The van der Waals surface area contributed by atoms with Crippen LogP contribution >= 0.6 is 11.6 Å². The zero-order valence-electron chi connectivity index (χ0n) is 10.7. The molecule has 0 saturated carbocycles. The molecule has 1 aromatic heterocycles. The van der Waals surface area contributed by atoms with Crippen LogP contribution in [0.1, 0.15) is 18.3 Å². The van der Waals surface area contributed by atoms with Crippen molar-refractivity contribution in [2.75, 3.05) is 13.1 Å². The molecule has 0 amide bonds. The van der Waals surface area contributed by atoms with E-state index in [1.54, 1.807) is 15.7 Å². The Kier molecular flexibility index (Phi) is 5.37. The molecular formula is C12H18ClN3O2. The molecule has 5 nitrogen and oxygen atoms in total. The molecule has 6 heteroatoms. The largest absolute Gasteiger partial charge is 0.480 e. The summed E-state index contributed by atoms with van der Waals surface area (Å²) in [5.74, 6) is -0.870. The van der Waals surface area contributed by atoms with E-state index in [0.717, 1.165) is 17.8 Å². The van der Waals surface area contributed by atoms with Gasteiger partial charge < -0.3 is 5.11 Å². The topological polar surface area (TPSA) is 58.4 Å². The standard InChI is InChI=1S/C12H18ClN3O2/c1-4-6-16(8-11(17)18)7-10-12(13)9(5-2)14-15(10)3/h4H,1,5-8H2,2-3H3,(H,17,18). The van der Waals surface area contributed by atoms with Crippen LogP contribution < -0.4 is 0 Å². The summed E-state index contributed by atoms with van der Waals surface area (Å²) >= 11 is 6.23. The van der Waals surface area contributed by atoms with E-state index in [9.17, 15) is 4.79 Å². The lowest BCUT2D eigenvalue weighted by Crippen LogP contribution is -2.30. The molecule has 0 radical (unpaired) electrons. The first kappa shape index (κ1) is 14.7. The summed E-state index contributed by atoms with van der Waals surface area (Å²) in [5.41, 5.74) is 1.67. The van der Waals surface area contributed by atoms with E-state index >= 15 is 0 Å². The summed E-state index contributed by atoms with van der Waals surface area (Å²) in [5, 5.41) is 13.8. The van der Waals surface area contributed by atoms with Gasteiger partial charge in [0.05, 0.1) is 23.0 Å². The van der Waals surface area contributed by atoms with Gasteiger partial charge >= 0.3 is 5.97 Å². The molecule has 1 rings (SSSR count). The predicted octanol–water partition coefficient (Wildman–Crippen LogP) is 1.71. The molecule has 0 unspecified atom stereocenters. The van der Waals surface area contributed by atoms with Crippen LogP contribution in [-0.2, 0) is 24.8 Å². The van der Waals surface area contributed by atoms with E-state index in [1.807, 2.05) is 14.0 Å². The molecule has 0 bridgehead atoms. The summed E-state index contributed by atoms with van der Waals surface area (Å²) < 4.78 is 1.71. The molecule has 0 aromatic carbocycles. The number of aryl methyl sites for hydroxylation is 2. The highest BCUT2D eigenvalue weighted by Crippen LogP contribution is 2.22. The Morgan fingerprint density at radius 2 is 2.33 bits per heavy atom. The van der Waals surface area contributed by atoms with E-state index in [-0.39, 0.29) is 6.54 Å². The molecule has 100 valence electrons. The number of aliphatic carboxylic acids is 1. The van der Waals surface area contributed by atoms with E-state index in [2.05, 4.69) is 11.7 Å². The highest BCUT2D eigenvalue weighted by atomic mass is 35.5. The van der Waals surface area contributed by atoms with Crippen molar-refractivity contribution in [3.8, 4) is 0 Å². The van der Waals surface area contributed by atoms with Crippen LogP contribution in [0.2, 0.25) is 5.02 Å². The maximum atomic E-state index is 10.8. The number of rotatable bonds is 7. The van der Waals surface area contributed by atoms with Gasteiger partial charge in [0.25, 0.3) is 0 Å². The van der Waals surface area contributed by atoms with Crippen LogP contribution in [-0.4, -0.2) is 38.8 Å². The summed E-state index contributed by atoms with van der Waals surface area (Å²) in [7, 11) is 1.81. The first-order valence-electron chi connectivity index (χ1n) is 5.74. The van der Waals surface area contributed by atoms with Crippen LogP contribution in [0, 0.1) is 0 Å². The second kappa shape index (κ2) is 6.56. The first-order valence-corrected chi connectivity index (χ1v) is 6.12. The number of carboxylic acids is 1. The Bertz CT molecular complexity index is 443. The fourth-order valence-electron chi connectivity index (χ4n) is 1.76. The predicted molar refractivity (Wildman–Crippen MR) is 70.7 cm³/mol. The number of hydrogen-bond acceptors (Lipinski definition) is 3. The van der Waals surface area contributed by atoms with Gasteiger partial charge in [-0.05, 0) is 6.42 Å². The number of carbonyl (C=O) groups is 1. The highest BCUT2D eigenvalue weighted by molar-refractivity contribution is 6.31. The maximum Gasteiger partial charge on any atom is 0.317 e. The first-order chi connectivity index (χ1) is 8.49. The SMILES string of the molecule is C=CCN(CC(=O)O)Cc1c(Cl)c(CC)nn1C. The lowest BCUT2D eigenvalue weighted by atomic mass is 10.3. The number of nitrogens with zero attached hydrogens (tertiary/aromatic N) is 3. The van der Waals surface area contributed by atoms with Gasteiger partial charge in [0.2, 0.25) is 0 Å². The van der Waals surface area contributed by atoms with Crippen LogP contribution in [0.4, 0.5) is 0 Å². The molecule has 1 heterocycles. The van der Waals surface area contributed by atoms with Crippen LogP contribution in [0.25, 0.3) is 0 Å². The molecule has 0 atom stereocenters. The minimum absolute atomic E-state index is 0.0466. The molecule has 1 aromatic rings. The Morgan fingerprint density at radius 3 is 2.78 bits per heavy atom. The van der Waals surface area contributed by atoms with E-state index < -0.39 is 5.97 Å². The Morgan fingerprint density at radius 1 is 1.67 bits per heavy atom. The van der Waals surface area contributed by atoms with Gasteiger partial charge in [-0.2, -0.15) is 5.10 Å². The second-order valence-electron chi connectivity index (χ2n) is 4.04. The average Bonchev–Trinajstić information content (AvgIpc) is 2.56. The van der Waals surface area contributed by atoms with Crippen molar-refractivity contribution < 1.29 is 9.90 Å². The minimum atomic E-state index is -0.870. The van der Waals surface area contributed by atoms with Gasteiger partial charge in [-0.1, -0.05) is 24.6 Å². The van der Waals surface area contributed by atoms with Crippen LogP contribution in [0.15, 0.2) is 12.7 Å². The average molecular weight is 272 g/mol. The van der Waals surface area contributed by atoms with Crippen molar-refractivity contribution in [3.05, 3.63) is 29.1 Å². The normalized spacial score (nSPS) is 10.9. The lowest BCUT2D eigenvalue weighted by Gasteiger charge is -2.18. The minimum Gasteiger partial charge on any atom is -0.480 e. The monoisotopic (exact) mass is 271 g/mol. The van der Waals surface area contributed by atoms with Crippen molar-refractivity contribution in [3.63, 3.8) is 0 Å². The van der Waals surface area contributed by atoms with Crippen molar-refractivity contribution in [2.45, 2.75) is 19.9 Å². The third-order valence-electron chi connectivity index (χ3n) is 2.62. The van der Waals surface area contributed by atoms with Crippen molar-refractivity contribution in [2.24, 2.45) is 7.05 Å². The van der Waals surface area contributed by atoms with Gasteiger partial charge in [0, 0.05) is 20.1 Å². The van der Waals surface area contributed by atoms with Crippen LogP contribution in [0.3, 0.4) is 0 Å². The Hall–Kier alpha value is -1.33. The molecule has 0 aliphatic carbocycles. The molecule has 0 spiro atoms. The van der Waals surface area contributed by atoms with Gasteiger partial charge in [0.1, 0.15) is 0 Å². The van der Waals surface area contributed by atoms with E-state index in [4.69, 9.17) is 16.7 Å². The molecule has 0 aliphatic rings. The molecule has 0 fully saturated rings. The zero-order valence-corrected chi connectivity index (χ0v) is 11.4. The smallest absolute Gasteiger partial charge is 0.317 e. The number of aromatic nitrogens is 2. The van der Waals surface area contributed by atoms with Crippen LogP contribution in [0.5, 0.6) is 0 Å². The van der Waals surface area contributed by atoms with Crippen molar-refractivity contribution in [1.82, 2.24) is 14.7 Å². The number of halogens is 1. The molecule has 1 N–H and O–H groups in total. The lowest BCUT2D eigenvalue weighted by molar-refractivity contribution is -0.138. The third-order valence-corrected chi connectivity index (χ3v) is 3.06. The summed E-state index contributed by atoms with van der Waals surface area (Å²) in [6.07, 6.45) is 2.43. The fourth-order valence-corrected chi connectivity index (χ4v) is 2.12. The molecule has 0 aliphatic heterocycles. The number of carboxylic acid groups (broad SMARTS) is 1. The Labute approximate surface area is 112 Å². The third kappa shape index (κ3) is 3.58. The molecule has 0 saturated heterocycles. The summed E-state index contributed by atoms with van der Waals surface area (Å²) in [6, 6.07) is 0. The van der Waals surface area contributed by atoms with Gasteiger partial charge in [-0.15, -0.1) is 6.58 Å². The van der Waals surface area contributed by atoms with E-state index in [0.29, 0.717) is 18.1 Å². The van der Waals surface area contributed by atoms with Gasteiger partial charge in [-0.25, -0.2) is 0 Å². The zero-order chi connectivity index (χ0) is 13.7. The summed E-state index contributed by atoms with van der Waals surface area (Å²) in [6.45, 7) is 6.50. The Balaban J connectivity index is 2.89. The van der Waals surface area contributed by atoms with E-state index in [1.165, 1.54) is 0 Å². The number of hydrogen-bond donors (Lipinski definition) is 1. The van der Waals surface area contributed by atoms with Crippen molar-refractivity contribution >= 4 is 17.6 Å². The summed E-state index contributed by atoms with van der Waals surface area (Å²) in [4.78, 5) is 12.5. The van der Waals surface area contributed by atoms with Crippen molar-refractivity contribution in [1.29, 1.82) is 0 Å². The molecule has 18 heavy (non-hydrogen) atoms. The highest BCUT2D eigenvalue weighted by Gasteiger charge is 2.17. The molecular weight excluding hydrogens is 254 g/mol. The van der Waals surface area contributed by atoms with Gasteiger partial charge in [-0.3, -0.25) is 14.4 Å². The fraction of sp³-hybridized carbons (Fsp3) is 0.500.